The minimum absolute atomic E-state index is 0.0671. The Labute approximate surface area is 110 Å². The van der Waals surface area contributed by atoms with Crippen molar-refractivity contribution in [2.24, 2.45) is 0 Å². The van der Waals surface area contributed by atoms with Gasteiger partial charge in [0.25, 0.3) is 0 Å². The van der Waals surface area contributed by atoms with E-state index in [-0.39, 0.29) is 23.6 Å². The van der Waals surface area contributed by atoms with Crippen molar-refractivity contribution in [2.45, 2.75) is 32.4 Å². The Morgan fingerprint density at radius 2 is 1.94 bits per heavy atom. The van der Waals surface area contributed by atoms with Crippen LogP contribution in [0.4, 0.5) is 0 Å². The van der Waals surface area contributed by atoms with E-state index in [0.717, 1.165) is 0 Å². The largest absolute Gasteiger partial charge is 0.352 e. The molecule has 0 aliphatic rings. The van der Waals surface area contributed by atoms with Crippen molar-refractivity contribution in [3.05, 3.63) is 0 Å². The summed E-state index contributed by atoms with van der Waals surface area (Å²) in [6.45, 7) is 3.20. The summed E-state index contributed by atoms with van der Waals surface area (Å²) in [6, 6.07) is -0.687. The summed E-state index contributed by atoms with van der Waals surface area (Å²) in [6.07, 6.45) is 2.27. The first-order valence-corrected chi connectivity index (χ1v) is 7.71. The van der Waals surface area contributed by atoms with Crippen molar-refractivity contribution in [1.82, 2.24) is 10.6 Å². The molecule has 0 aliphatic carbocycles. The van der Waals surface area contributed by atoms with Gasteiger partial charge in [-0.15, -0.1) is 0 Å². The predicted octanol–water partition coefficient (Wildman–Crippen LogP) is -0.306. The van der Waals surface area contributed by atoms with Gasteiger partial charge >= 0.3 is 0 Å². The molecule has 0 fully saturated rings. The average Bonchev–Trinajstić information content (AvgIpc) is 2.22. The monoisotopic (exact) mass is 280 g/mol. The zero-order valence-electron chi connectivity index (χ0n) is 10.4. The molecular formula is C10H20N2O3S2. The summed E-state index contributed by atoms with van der Waals surface area (Å²) in [5.41, 5.74) is 0. The minimum Gasteiger partial charge on any atom is -0.352 e. The molecular weight excluding hydrogens is 260 g/mol. The van der Waals surface area contributed by atoms with Crippen molar-refractivity contribution in [2.75, 3.05) is 17.8 Å². The van der Waals surface area contributed by atoms with Gasteiger partial charge in [-0.25, -0.2) is 0 Å². The normalized spacial score (nSPS) is 15.8. The highest BCUT2D eigenvalue weighted by Gasteiger charge is 2.19. The van der Waals surface area contributed by atoms with E-state index in [4.69, 9.17) is 0 Å². The lowest BCUT2D eigenvalue weighted by Gasteiger charge is -2.19. The molecule has 0 aliphatic heterocycles. The first kappa shape index (κ1) is 16.4. The molecule has 0 bridgehead atoms. The highest BCUT2D eigenvalue weighted by atomic mass is 32.2. The van der Waals surface area contributed by atoms with Gasteiger partial charge in [-0.1, -0.05) is 0 Å². The van der Waals surface area contributed by atoms with E-state index in [2.05, 4.69) is 23.3 Å². The number of carbonyl (C=O) groups is 2. The van der Waals surface area contributed by atoms with Crippen LogP contribution in [0.25, 0.3) is 0 Å². The third-order valence-corrected chi connectivity index (χ3v) is 3.28. The van der Waals surface area contributed by atoms with Gasteiger partial charge in [-0.3, -0.25) is 13.8 Å². The molecule has 7 heteroatoms. The molecule has 2 N–H and O–H groups in total. The van der Waals surface area contributed by atoms with E-state index in [1.54, 1.807) is 6.26 Å². The van der Waals surface area contributed by atoms with Crippen molar-refractivity contribution in [3.63, 3.8) is 0 Å². The summed E-state index contributed by atoms with van der Waals surface area (Å²) in [5.74, 6) is 0.274. The van der Waals surface area contributed by atoms with Crippen molar-refractivity contribution in [3.8, 4) is 0 Å². The summed E-state index contributed by atoms with van der Waals surface area (Å²) in [7, 11) is -0.859. The number of amides is 2. The second kappa shape index (κ2) is 8.52. The molecule has 100 valence electrons. The molecule has 0 saturated carbocycles. The Hall–Kier alpha value is -0.560. The number of rotatable bonds is 7. The number of thiol groups is 1. The highest BCUT2D eigenvalue weighted by molar-refractivity contribution is 7.84. The first-order chi connectivity index (χ1) is 7.86. The van der Waals surface area contributed by atoms with Crippen LogP contribution in [-0.2, 0) is 20.4 Å². The van der Waals surface area contributed by atoms with E-state index in [1.807, 2.05) is 6.92 Å². The van der Waals surface area contributed by atoms with Crippen molar-refractivity contribution >= 4 is 35.2 Å². The molecule has 0 aromatic carbocycles. The fourth-order valence-corrected chi connectivity index (χ4v) is 2.14. The first-order valence-electron chi connectivity index (χ1n) is 5.35. The maximum atomic E-state index is 11.7. The van der Waals surface area contributed by atoms with E-state index in [1.165, 1.54) is 6.92 Å². The van der Waals surface area contributed by atoms with Crippen LogP contribution < -0.4 is 10.6 Å². The lowest BCUT2D eigenvalue weighted by atomic mass is 10.2. The zero-order valence-corrected chi connectivity index (χ0v) is 12.1. The average molecular weight is 280 g/mol. The second-order valence-electron chi connectivity index (χ2n) is 3.91. The lowest BCUT2D eigenvalue weighted by molar-refractivity contribution is -0.127. The van der Waals surface area contributed by atoms with Gasteiger partial charge in [0.2, 0.25) is 11.8 Å². The maximum Gasteiger partial charge on any atom is 0.243 e. The topological polar surface area (TPSA) is 75.3 Å². The second-order valence-corrected chi connectivity index (χ2v) is 5.83. The van der Waals surface area contributed by atoms with E-state index >= 15 is 0 Å². The molecule has 0 radical (unpaired) electrons. The van der Waals surface area contributed by atoms with E-state index in [0.29, 0.717) is 12.2 Å². The molecule has 0 saturated heterocycles. The molecule has 0 aromatic rings. The standard InChI is InChI=1S/C10H20N2O3S2/c1-7(4-5-17(3)15)11-10(14)9(6-16)12-8(2)13/h7,9,16H,4-6H2,1-3H3,(H,11,14)(H,12,13). The van der Waals surface area contributed by atoms with Gasteiger partial charge in [0.1, 0.15) is 6.04 Å². The van der Waals surface area contributed by atoms with Gasteiger partial charge in [0.15, 0.2) is 0 Å². The molecule has 17 heavy (non-hydrogen) atoms. The maximum absolute atomic E-state index is 11.7. The van der Waals surface area contributed by atoms with Gasteiger partial charge < -0.3 is 10.6 Å². The SMILES string of the molecule is CC(=O)NC(CS)C(=O)NC(C)CCS(C)=O. The number of hydrogen-bond donors (Lipinski definition) is 3. The van der Waals surface area contributed by atoms with Crippen LogP contribution in [0, 0.1) is 0 Å². The van der Waals surface area contributed by atoms with Crippen LogP contribution in [0.2, 0.25) is 0 Å². The Morgan fingerprint density at radius 1 is 1.35 bits per heavy atom. The minimum atomic E-state index is -0.859. The van der Waals surface area contributed by atoms with Crippen LogP contribution in [0.15, 0.2) is 0 Å². The quantitative estimate of drug-likeness (QED) is 0.560. The van der Waals surface area contributed by atoms with Gasteiger partial charge in [0, 0.05) is 41.5 Å². The van der Waals surface area contributed by atoms with Crippen LogP contribution >= 0.6 is 12.6 Å². The van der Waals surface area contributed by atoms with Crippen LogP contribution in [0.1, 0.15) is 20.3 Å². The summed E-state index contributed by atoms with van der Waals surface area (Å²) < 4.78 is 10.9. The smallest absolute Gasteiger partial charge is 0.243 e. The van der Waals surface area contributed by atoms with Crippen LogP contribution in [0.5, 0.6) is 0 Å². The highest BCUT2D eigenvalue weighted by Crippen LogP contribution is 1.96. The molecule has 0 aromatic heterocycles. The fraction of sp³-hybridized carbons (Fsp3) is 0.800. The molecule has 2 amide bonds. The molecule has 0 rings (SSSR count). The van der Waals surface area contributed by atoms with Crippen LogP contribution in [-0.4, -0.2) is 45.9 Å². The van der Waals surface area contributed by atoms with Crippen molar-refractivity contribution in [1.29, 1.82) is 0 Å². The third-order valence-electron chi connectivity index (χ3n) is 2.10. The Bertz CT molecular complexity index is 297. The Kier molecular flexibility index (Phi) is 8.24. The molecule has 5 nitrogen and oxygen atoms in total. The summed E-state index contributed by atoms with van der Waals surface area (Å²) in [4.78, 5) is 22.6. The van der Waals surface area contributed by atoms with Gasteiger partial charge in [0.05, 0.1) is 0 Å². The van der Waals surface area contributed by atoms with Crippen LogP contribution in [0.3, 0.4) is 0 Å². The zero-order chi connectivity index (χ0) is 13.4. The van der Waals surface area contributed by atoms with Gasteiger partial charge in [-0.2, -0.15) is 12.6 Å². The number of nitrogens with one attached hydrogen (secondary N) is 2. The fourth-order valence-electron chi connectivity index (χ4n) is 1.20. The van der Waals surface area contributed by atoms with E-state index < -0.39 is 16.8 Å². The number of hydrogen-bond acceptors (Lipinski definition) is 4. The van der Waals surface area contributed by atoms with Gasteiger partial charge in [-0.05, 0) is 13.3 Å². The molecule has 3 unspecified atom stereocenters. The Morgan fingerprint density at radius 3 is 2.35 bits per heavy atom. The number of carbonyl (C=O) groups excluding carboxylic acids is 2. The van der Waals surface area contributed by atoms with E-state index in [9.17, 15) is 13.8 Å². The third kappa shape index (κ3) is 8.20. The van der Waals surface area contributed by atoms with Crippen molar-refractivity contribution < 1.29 is 13.8 Å². The molecule has 0 spiro atoms. The molecule has 3 atom stereocenters. The summed E-state index contributed by atoms with van der Waals surface area (Å²) in [5, 5.41) is 5.27. The predicted molar refractivity (Wildman–Crippen MR) is 72.6 cm³/mol. The lowest BCUT2D eigenvalue weighted by Crippen LogP contribution is -2.49. The summed E-state index contributed by atoms with van der Waals surface area (Å²) >= 11 is 4.01. The Balaban J connectivity index is 4.11. The molecule has 0 heterocycles.